The maximum absolute atomic E-state index is 10.6. The predicted molar refractivity (Wildman–Crippen MR) is 55.5 cm³/mol. The van der Waals surface area contributed by atoms with Gasteiger partial charge in [-0.1, -0.05) is 0 Å². The first kappa shape index (κ1) is 10.3. The van der Waals surface area contributed by atoms with Crippen LogP contribution in [0.2, 0.25) is 0 Å². The third-order valence-electron chi connectivity index (χ3n) is 1.75. The molecule has 0 spiro atoms. The molecule has 1 heterocycles. The van der Waals surface area contributed by atoms with E-state index in [1.165, 1.54) is 0 Å². The normalized spacial score (nSPS) is 12.1. The maximum Gasteiger partial charge on any atom is 0.219 e. The zero-order valence-corrected chi connectivity index (χ0v) is 8.03. The highest BCUT2D eigenvalue weighted by atomic mass is 16.1. The number of carbonyl (C=O) groups is 1. The van der Waals surface area contributed by atoms with Gasteiger partial charge in [0.2, 0.25) is 5.91 Å². The minimum absolute atomic E-state index is 0.0426. The number of pyridine rings is 1. The minimum Gasteiger partial charge on any atom is -0.382 e. The van der Waals surface area contributed by atoms with Crippen molar-refractivity contribution in [3.05, 3.63) is 18.3 Å². The van der Waals surface area contributed by atoms with E-state index in [0.29, 0.717) is 5.82 Å². The van der Waals surface area contributed by atoms with Crippen LogP contribution in [-0.2, 0) is 4.79 Å². The first-order valence-corrected chi connectivity index (χ1v) is 4.35. The number of hydrogen-bond acceptors (Lipinski definition) is 4. The molecule has 1 aromatic heterocycles. The Labute approximate surface area is 82.5 Å². The van der Waals surface area contributed by atoms with Crippen LogP contribution >= 0.6 is 0 Å². The van der Waals surface area contributed by atoms with Gasteiger partial charge in [-0.3, -0.25) is 4.79 Å². The Kier molecular flexibility index (Phi) is 3.28. The van der Waals surface area contributed by atoms with Gasteiger partial charge in [-0.05, 0) is 19.1 Å². The van der Waals surface area contributed by atoms with E-state index in [9.17, 15) is 4.79 Å². The topological polar surface area (TPSA) is 94.0 Å². The molecule has 0 aromatic carbocycles. The number of nitrogens with zero attached hydrogens (tertiary/aromatic N) is 1. The SMILES string of the molecule is CC(CC(N)=O)Nc1cccnc1N. The number of anilines is 2. The Morgan fingerprint density at radius 2 is 2.43 bits per heavy atom. The second-order valence-electron chi connectivity index (χ2n) is 3.15. The van der Waals surface area contributed by atoms with Gasteiger partial charge in [0.15, 0.2) is 0 Å². The average molecular weight is 194 g/mol. The molecule has 0 aliphatic rings. The van der Waals surface area contributed by atoms with Gasteiger partial charge >= 0.3 is 0 Å². The molecule has 0 aliphatic heterocycles. The summed E-state index contributed by atoms with van der Waals surface area (Å²) in [4.78, 5) is 14.5. The number of rotatable bonds is 4. The number of primary amides is 1. The second kappa shape index (κ2) is 4.45. The molecule has 0 saturated heterocycles. The molecule has 0 saturated carbocycles. The summed E-state index contributed by atoms with van der Waals surface area (Å²) >= 11 is 0. The highest BCUT2D eigenvalue weighted by molar-refractivity contribution is 5.75. The molecule has 5 nitrogen and oxygen atoms in total. The molecule has 1 amide bonds. The Bertz CT molecular complexity index is 326. The molecule has 5 heteroatoms. The van der Waals surface area contributed by atoms with Gasteiger partial charge in [-0.2, -0.15) is 0 Å². The van der Waals surface area contributed by atoms with Crippen molar-refractivity contribution in [3.8, 4) is 0 Å². The van der Waals surface area contributed by atoms with Crippen molar-refractivity contribution in [2.45, 2.75) is 19.4 Å². The number of hydrogen-bond donors (Lipinski definition) is 3. The lowest BCUT2D eigenvalue weighted by molar-refractivity contribution is -0.118. The molecule has 5 N–H and O–H groups in total. The van der Waals surface area contributed by atoms with E-state index in [2.05, 4.69) is 10.3 Å². The summed E-state index contributed by atoms with van der Waals surface area (Å²) < 4.78 is 0. The molecule has 0 radical (unpaired) electrons. The second-order valence-corrected chi connectivity index (χ2v) is 3.15. The van der Waals surface area contributed by atoms with Crippen molar-refractivity contribution in [3.63, 3.8) is 0 Å². The smallest absolute Gasteiger partial charge is 0.219 e. The zero-order valence-electron chi connectivity index (χ0n) is 8.03. The van der Waals surface area contributed by atoms with E-state index in [1.54, 1.807) is 18.3 Å². The molecule has 0 aliphatic carbocycles. The standard InChI is InChI=1S/C9H14N4O/c1-6(5-8(10)14)13-7-3-2-4-12-9(7)11/h2-4,6,13H,5H2,1H3,(H2,10,14)(H2,11,12). The molecule has 76 valence electrons. The van der Waals surface area contributed by atoms with E-state index in [1.807, 2.05) is 6.92 Å². The van der Waals surface area contributed by atoms with Crippen LogP contribution in [-0.4, -0.2) is 16.9 Å². The fourth-order valence-electron chi connectivity index (χ4n) is 1.16. The van der Waals surface area contributed by atoms with Crippen molar-refractivity contribution in [1.82, 2.24) is 4.98 Å². The molecule has 14 heavy (non-hydrogen) atoms. The van der Waals surface area contributed by atoms with Crippen LogP contribution in [0.1, 0.15) is 13.3 Å². The molecule has 1 aromatic rings. The van der Waals surface area contributed by atoms with Gasteiger partial charge in [0.05, 0.1) is 5.69 Å². The van der Waals surface area contributed by atoms with Crippen LogP contribution in [0.3, 0.4) is 0 Å². The number of nitrogens with one attached hydrogen (secondary N) is 1. The summed E-state index contributed by atoms with van der Waals surface area (Å²) in [5.41, 5.74) is 11.4. The molecule has 0 bridgehead atoms. The van der Waals surface area contributed by atoms with Crippen LogP contribution in [0.5, 0.6) is 0 Å². The van der Waals surface area contributed by atoms with Crippen LogP contribution < -0.4 is 16.8 Å². The lowest BCUT2D eigenvalue weighted by Gasteiger charge is -2.14. The van der Waals surface area contributed by atoms with Gasteiger partial charge in [0, 0.05) is 18.7 Å². The summed E-state index contributed by atoms with van der Waals surface area (Å²) in [6.45, 7) is 1.86. The maximum atomic E-state index is 10.6. The lowest BCUT2D eigenvalue weighted by Crippen LogP contribution is -2.24. The van der Waals surface area contributed by atoms with Crippen LogP contribution in [0.4, 0.5) is 11.5 Å². The fourth-order valence-corrected chi connectivity index (χ4v) is 1.16. The Hall–Kier alpha value is -1.78. The van der Waals surface area contributed by atoms with Crippen LogP contribution in [0.15, 0.2) is 18.3 Å². The Balaban J connectivity index is 2.60. The van der Waals surface area contributed by atoms with E-state index in [0.717, 1.165) is 5.69 Å². The molecule has 1 rings (SSSR count). The number of nitrogen functional groups attached to an aromatic ring is 1. The number of amides is 1. The van der Waals surface area contributed by atoms with Gasteiger partial charge < -0.3 is 16.8 Å². The Morgan fingerprint density at radius 1 is 1.71 bits per heavy atom. The number of nitrogens with two attached hydrogens (primary N) is 2. The third kappa shape index (κ3) is 2.93. The molecule has 1 atom stereocenters. The van der Waals surface area contributed by atoms with Gasteiger partial charge in [0.1, 0.15) is 5.82 Å². The van der Waals surface area contributed by atoms with Crippen molar-refractivity contribution < 1.29 is 4.79 Å². The van der Waals surface area contributed by atoms with E-state index >= 15 is 0 Å². The summed E-state index contributed by atoms with van der Waals surface area (Å²) in [7, 11) is 0. The van der Waals surface area contributed by atoms with Crippen molar-refractivity contribution in [2.75, 3.05) is 11.1 Å². The summed E-state index contributed by atoms with van der Waals surface area (Å²) in [6.07, 6.45) is 1.88. The Morgan fingerprint density at radius 3 is 3.00 bits per heavy atom. The fraction of sp³-hybridized carbons (Fsp3) is 0.333. The largest absolute Gasteiger partial charge is 0.382 e. The number of aromatic nitrogens is 1. The monoisotopic (exact) mass is 194 g/mol. The van der Waals surface area contributed by atoms with Crippen LogP contribution in [0, 0.1) is 0 Å². The summed E-state index contributed by atoms with van der Waals surface area (Å²) in [5, 5.41) is 3.05. The minimum atomic E-state index is -0.340. The third-order valence-corrected chi connectivity index (χ3v) is 1.75. The predicted octanol–water partition coefficient (Wildman–Crippen LogP) is 0.340. The molecule has 1 unspecified atom stereocenters. The van der Waals surface area contributed by atoms with Gasteiger partial charge in [-0.25, -0.2) is 4.98 Å². The first-order chi connectivity index (χ1) is 6.59. The zero-order chi connectivity index (χ0) is 10.6. The molecular formula is C9H14N4O. The first-order valence-electron chi connectivity index (χ1n) is 4.35. The van der Waals surface area contributed by atoms with Crippen LogP contribution in [0.25, 0.3) is 0 Å². The molecular weight excluding hydrogens is 180 g/mol. The lowest BCUT2D eigenvalue weighted by atomic mass is 10.2. The van der Waals surface area contributed by atoms with E-state index < -0.39 is 0 Å². The van der Waals surface area contributed by atoms with E-state index in [-0.39, 0.29) is 18.4 Å². The van der Waals surface area contributed by atoms with Crippen molar-refractivity contribution in [2.24, 2.45) is 5.73 Å². The highest BCUT2D eigenvalue weighted by Gasteiger charge is 2.07. The average Bonchev–Trinajstić information content (AvgIpc) is 2.07. The summed E-state index contributed by atoms with van der Waals surface area (Å²) in [6, 6.07) is 3.54. The quantitative estimate of drug-likeness (QED) is 0.644. The summed E-state index contributed by atoms with van der Waals surface area (Å²) in [5.74, 6) is 0.0799. The highest BCUT2D eigenvalue weighted by Crippen LogP contribution is 2.15. The van der Waals surface area contributed by atoms with Crippen molar-refractivity contribution in [1.29, 1.82) is 0 Å². The molecule has 0 fully saturated rings. The van der Waals surface area contributed by atoms with E-state index in [4.69, 9.17) is 11.5 Å². The van der Waals surface area contributed by atoms with Gasteiger partial charge in [-0.15, -0.1) is 0 Å². The van der Waals surface area contributed by atoms with Gasteiger partial charge in [0.25, 0.3) is 0 Å². The van der Waals surface area contributed by atoms with Crippen molar-refractivity contribution >= 4 is 17.4 Å². The number of carbonyl (C=O) groups excluding carboxylic acids is 1.